The van der Waals surface area contributed by atoms with Crippen molar-refractivity contribution in [1.82, 2.24) is 9.62 Å². The van der Waals surface area contributed by atoms with Crippen molar-refractivity contribution >= 4 is 27.3 Å². The fourth-order valence-electron chi connectivity index (χ4n) is 2.72. The summed E-state index contributed by atoms with van der Waals surface area (Å²) in [4.78, 5) is 11.0. The summed E-state index contributed by atoms with van der Waals surface area (Å²) in [6.45, 7) is 4.41. The number of amides is 1. The first-order valence-corrected chi connectivity index (χ1v) is 9.55. The molecule has 1 atom stereocenters. The Morgan fingerprint density at radius 2 is 2.24 bits per heavy atom. The number of rotatable bonds is 5. The van der Waals surface area contributed by atoms with Crippen LogP contribution in [0.2, 0.25) is 0 Å². The van der Waals surface area contributed by atoms with Gasteiger partial charge >= 0.3 is 0 Å². The maximum Gasteiger partial charge on any atom is 0.253 e. The molecule has 0 aromatic carbocycles. The standard InChI is InChI=1S/C14H22N2O3S2/c1-11-7-10-20-14(11)21(18,19)16-9-4-3-5-13(16)6-8-15-12(2)17/h7,10,13H,3-6,8-9H2,1-2H3,(H,15,17)/t13-/m1/s1. The highest BCUT2D eigenvalue weighted by Crippen LogP contribution is 2.31. The van der Waals surface area contributed by atoms with E-state index in [0.29, 0.717) is 23.7 Å². The summed E-state index contributed by atoms with van der Waals surface area (Å²) in [5.41, 5.74) is 0.811. The van der Waals surface area contributed by atoms with Gasteiger partial charge in [-0.05, 0) is 43.2 Å². The summed E-state index contributed by atoms with van der Waals surface area (Å²) < 4.78 is 27.7. The number of carbonyl (C=O) groups excluding carboxylic acids is 1. The monoisotopic (exact) mass is 330 g/mol. The number of hydrogen-bond acceptors (Lipinski definition) is 4. The number of thiophene rings is 1. The highest BCUT2D eigenvalue weighted by atomic mass is 32.2. The zero-order chi connectivity index (χ0) is 15.5. The highest BCUT2D eigenvalue weighted by molar-refractivity contribution is 7.91. The highest BCUT2D eigenvalue weighted by Gasteiger charge is 2.34. The molecule has 118 valence electrons. The van der Waals surface area contributed by atoms with Gasteiger partial charge in [0.05, 0.1) is 0 Å². The Bertz CT molecular complexity index is 595. The lowest BCUT2D eigenvalue weighted by Gasteiger charge is -2.34. The van der Waals surface area contributed by atoms with Crippen molar-refractivity contribution in [3.8, 4) is 0 Å². The molecule has 1 saturated heterocycles. The van der Waals surface area contributed by atoms with Gasteiger partial charge < -0.3 is 5.32 Å². The van der Waals surface area contributed by atoms with Gasteiger partial charge in [-0.15, -0.1) is 11.3 Å². The molecule has 1 fully saturated rings. The van der Waals surface area contributed by atoms with Crippen molar-refractivity contribution in [1.29, 1.82) is 0 Å². The van der Waals surface area contributed by atoms with Crippen LogP contribution >= 0.6 is 11.3 Å². The first kappa shape index (κ1) is 16.5. The van der Waals surface area contributed by atoms with Crippen LogP contribution in [0.25, 0.3) is 0 Å². The Labute approximate surface area is 130 Å². The van der Waals surface area contributed by atoms with Crippen LogP contribution in [0.1, 0.15) is 38.2 Å². The molecule has 0 saturated carbocycles. The van der Waals surface area contributed by atoms with Gasteiger partial charge in [-0.25, -0.2) is 8.42 Å². The lowest BCUT2D eigenvalue weighted by atomic mass is 10.0. The maximum atomic E-state index is 12.8. The number of carbonyl (C=O) groups is 1. The van der Waals surface area contributed by atoms with Crippen molar-refractivity contribution in [2.75, 3.05) is 13.1 Å². The number of nitrogens with one attached hydrogen (secondary N) is 1. The predicted molar refractivity (Wildman–Crippen MR) is 83.9 cm³/mol. The first-order chi connectivity index (χ1) is 9.93. The molecule has 1 aromatic rings. The topological polar surface area (TPSA) is 66.5 Å². The zero-order valence-corrected chi connectivity index (χ0v) is 14.1. The second-order valence-electron chi connectivity index (χ2n) is 5.43. The Balaban J connectivity index is 2.14. The molecule has 0 radical (unpaired) electrons. The van der Waals surface area contributed by atoms with Crippen LogP contribution < -0.4 is 5.32 Å². The van der Waals surface area contributed by atoms with E-state index in [1.165, 1.54) is 18.3 Å². The van der Waals surface area contributed by atoms with E-state index < -0.39 is 10.0 Å². The molecule has 21 heavy (non-hydrogen) atoms. The Hall–Kier alpha value is -0.920. The van der Waals surface area contributed by atoms with Gasteiger partial charge in [-0.1, -0.05) is 6.42 Å². The van der Waals surface area contributed by atoms with Crippen molar-refractivity contribution < 1.29 is 13.2 Å². The van der Waals surface area contributed by atoms with E-state index in [0.717, 1.165) is 24.8 Å². The average molecular weight is 330 g/mol. The quantitative estimate of drug-likeness (QED) is 0.899. The molecular weight excluding hydrogens is 308 g/mol. The summed E-state index contributed by atoms with van der Waals surface area (Å²) in [6.07, 6.45) is 3.48. The summed E-state index contributed by atoms with van der Waals surface area (Å²) >= 11 is 1.28. The van der Waals surface area contributed by atoms with E-state index >= 15 is 0 Å². The van der Waals surface area contributed by atoms with Crippen molar-refractivity contribution in [3.63, 3.8) is 0 Å². The molecule has 0 spiro atoms. The molecular formula is C14H22N2O3S2. The van der Waals surface area contributed by atoms with Gasteiger partial charge in [0.15, 0.2) is 0 Å². The molecule has 1 amide bonds. The van der Waals surface area contributed by atoms with Crippen molar-refractivity contribution in [2.24, 2.45) is 0 Å². The normalized spacial score (nSPS) is 20.4. The molecule has 2 rings (SSSR count). The smallest absolute Gasteiger partial charge is 0.253 e. The number of piperidine rings is 1. The van der Waals surface area contributed by atoms with Crippen LogP contribution in [0.5, 0.6) is 0 Å². The number of aryl methyl sites for hydroxylation is 1. The lowest BCUT2D eigenvalue weighted by molar-refractivity contribution is -0.119. The molecule has 0 aliphatic carbocycles. The van der Waals surface area contributed by atoms with E-state index in [1.54, 1.807) is 4.31 Å². The fourth-order valence-corrected chi connectivity index (χ4v) is 5.97. The summed E-state index contributed by atoms with van der Waals surface area (Å²) in [7, 11) is -3.41. The first-order valence-electron chi connectivity index (χ1n) is 7.23. The molecule has 5 nitrogen and oxygen atoms in total. The Morgan fingerprint density at radius 3 is 2.86 bits per heavy atom. The van der Waals surface area contributed by atoms with Crippen LogP contribution in [-0.2, 0) is 14.8 Å². The average Bonchev–Trinajstić information content (AvgIpc) is 2.86. The summed E-state index contributed by atoms with van der Waals surface area (Å²) in [5, 5.41) is 4.57. The molecule has 1 aromatic heterocycles. The van der Waals surface area contributed by atoms with Gasteiger partial charge in [0.2, 0.25) is 5.91 Å². The van der Waals surface area contributed by atoms with E-state index in [1.807, 2.05) is 18.4 Å². The summed E-state index contributed by atoms with van der Waals surface area (Å²) in [5.74, 6) is -0.0747. The molecule has 2 heterocycles. The van der Waals surface area contributed by atoms with E-state index in [4.69, 9.17) is 0 Å². The zero-order valence-electron chi connectivity index (χ0n) is 12.5. The Kier molecular flexibility index (Phi) is 5.40. The third kappa shape index (κ3) is 3.84. The van der Waals surface area contributed by atoms with Crippen molar-refractivity contribution in [2.45, 2.75) is 49.8 Å². The van der Waals surface area contributed by atoms with Crippen LogP contribution in [0.15, 0.2) is 15.7 Å². The third-order valence-corrected chi connectivity index (χ3v) is 7.40. The minimum absolute atomic E-state index is 0.0166. The number of sulfonamides is 1. The second kappa shape index (κ2) is 6.89. The van der Waals surface area contributed by atoms with Crippen LogP contribution in [0.3, 0.4) is 0 Å². The van der Waals surface area contributed by atoms with Crippen LogP contribution in [0, 0.1) is 6.92 Å². The van der Waals surface area contributed by atoms with E-state index in [9.17, 15) is 13.2 Å². The lowest BCUT2D eigenvalue weighted by Crippen LogP contribution is -2.45. The molecule has 1 aliphatic rings. The minimum Gasteiger partial charge on any atom is -0.356 e. The van der Waals surface area contributed by atoms with E-state index in [2.05, 4.69) is 5.32 Å². The molecule has 0 bridgehead atoms. The number of nitrogens with zero attached hydrogens (tertiary/aromatic N) is 1. The minimum atomic E-state index is -3.41. The van der Waals surface area contributed by atoms with Gasteiger partial charge in [0, 0.05) is 26.1 Å². The summed E-state index contributed by atoms with van der Waals surface area (Å²) in [6, 6.07) is 1.82. The van der Waals surface area contributed by atoms with Crippen LogP contribution in [-0.4, -0.2) is 37.8 Å². The SMILES string of the molecule is CC(=O)NCC[C@H]1CCCCN1S(=O)(=O)c1sccc1C. The third-order valence-electron chi connectivity index (χ3n) is 3.78. The largest absolute Gasteiger partial charge is 0.356 e. The van der Waals surface area contributed by atoms with E-state index in [-0.39, 0.29) is 11.9 Å². The maximum absolute atomic E-state index is 12.8. The van der Waals surface area contributed by atoms with Gasteiger partial charge in [0.1, 0.15) is 4.21 Å². The van der Waals surface area contributed by atoms with Gasteiger partial charge in [-0.3, -0.25) is 4.79 Å². The van der Waals surface area contributed by atoms with Crippen molar-refractivity contribution in [3.05, 3.63) is 17.0 Å². The Morgan fingerprint density at radius 1 is 1.48 bits per heavy atom. The predicted octanol–water partition coefficient (Wildman–Crippen LogP) is 2.13. The molecule has 1 N–H and O–H groups in total. The second-order valence-corrected chi connectivity index (χ2v) is 8.43. The molecule has 0 unspecified atom stereocenters. The van der Waals surface area contributed by atoms with Gasteiger partial charge in [-0.2, -0.15) is 4.31 Å². The molecule has 7 heteroatoms. The fraction of sp³-hybridized carbons (Fsp3) is 0.643. The molecule has 1 aliphatic heterocycles. The van der Waals surface area contributed by atoms with Gasteiger partial charge in [0.25, 0.3) is 10.0 Å². The van der Waals surface area contributed by atoms with Crippen LogP contribution in [0.4, 0.5) is 0 Å². The number of hydrogen-bond donors (Lipinski definition) is 1.